The van der Waals surface area contributed by atoms with Gasteiger partial charge < -0.3 is 4.74 Å². The first-order chi connectivity index (χ1) is 11.0. The minimum absolute atomic E-state index is 0.00620. The van der Waals surface area contributed by atoms with Gasteiger partial charge in [-0.25, -0.2) is 4.98 Å². The van der Waals surface area contributed by atoms with Crippen molar-refractivity contribution in [1.82, 2.24) is 4.98 Å². The number of benzene rings is 1. The zero-order valence-corrected chi connectivity index (χ0v) is 15.3. The summed E-state index contributed by atoms with van der Waals surface area (Å²) in [7, 11) is 0. The van der Waals surface area contributed by atoms with E-state index in [2.05, 4.69) is 27.0 Å². The van der Waals surface area contributed by atoms with Crippen molar-refractivity contribution in [3.05, 3.63) is 52.1 Å². The summed E-state index contributed by atoms with van der Waals surface area (Å²) in [6.07, 6.45) is 2.01. The number of ether oxygens (including phenoxy) is 1. The maximum atomic E-state index is 12.4. The van der Waals surface area contributed by atoms with Gasteiger partial charge in [0.15, 0.2) is 0 Å². The quantitative estimate of drug-likeness (QED) is 0.755. The molecule has 0 aliphatic rings. The Kier molecular flexibility index (Phi) is 6.16. The van der Waals surface area contributed by atoms with Crippen molar-refractivity contribution in [3.63, 3.8) is 0 Å². The van der Waals surface area contributed by atoms with Crippen LogP contribution >= 0.6 is 15.9 Å². The number of hydrogen-bond acceptors (Lipinski definition) is 3. The monoisotopic (exact) mass is 376 g/mol. The highest BCUT2D eigenvalue weighted by Gasteiger charge is 2.15. The summed E-state index contributed by atoms with van der Waals surface area (Å²) in [4.78, 5) is 18.3. The van der Waals surface area contributed by atoms with Crippen molar-refractivity contribution >= 4 is 27.7 Å². The van der Waals surface area contributed by atoms with Crippen LogP contribution in [0.2, 0.25) is 0 Å². The fourth-order valence-corrected chi connectivity index (χ4v) is 2.64. The molecule has 1 aromatic carbocycles. The summed E-state index contributed by atoms with van der Waals surface area (Å²) in [6, 6.07) is 9.76. The summed E-state index contributed by atoms with van der Waals surface area (Å²) < 4.78 is 6.60. The van der Waals surface area contributed by atoms with Gasteiger partial charge >= 0.3 is 0 Å². The van der Waals surface area contributed by atoms with E-state index in [1.807, 2.05) is 45.0 Å². The number of nitrogens with zero attached hydrogens (tertiary/aromatic N) is 2. The van der Waals surface area contributed by atoms with Gasteiger partial charge in [0.25, 0.3) is 0 Å². The number of hydrogen-bond donors (Lipinski definition) is 0. The molecule has 0 bridgehead atoms. The Morgan fingerprint density at radius 1 is 1.22 bits per heavy atom. The van der Waals surface area contributed by atoms with Gasteiger partial charge in [0.1, 0.15) is 11.6 Å². The highest BCUT2D eigenvalue weighted by molar-refractivity contribution is 9.10. The largest absolute Gasteiger partial charge is 0.493 e. The summed E-state index contributed by atoms with van der Waals surface area (Å²) >= 11 is 3.35. The normalized spacial score (nSPS) is 10.4. The first-order valence-corrected chi connectivity index (χ1v) is 8.42. The third kappa shape index (κ3) is 5.06. The number of carbonyl (C=O) groups is 1. The van der Waals surface area contributed by atoms with E-state index in [0.717, 1.165) is 21.3 Å². The molecule has 2 aromatic rings. The molecule has 1 amide bonds. The van der Waals surface area contributed by atoms with Gasteiger partial charge in [-0.15, -0.1) is 0 Å². The van der Waals surface area contributed by atoms with Crippen LogP contribution in [0.1, 0.15) is 24.5 Å². The van der Waals surface area contributed by atoms with E-state index in [-0.39, 0.29) is 5.91 Å². The van der Waals surface area contributed by atoms with Gasteiger partial charge in [-0.1, -0.05) is 6.07 Å². The molecule has 0 N–H and O–H groups in total. The van der Waals surface area contributed by atoms with Crippen molar-refractivity contribution in [1.29, 1.82) is 0 Å². The van der Waals surface area contributed by atoms with E-state index in [0.29, 0.717) is 25.4 Å². The van der Waals surface area contributed by atoms with Crippen molar-refractivity contribution in [2.45, 2.75) is 27.2 Å². The van der Waals surface area contributed by atoms with Crippen LogP contribution in [0.25, 0.3) is 0 Å². The van der Waals surface area contributed by atoms with Crippen LogP contribution < -0.4 is 9.64 Å². The third-order valence-corrected chi connectivity index (χ3v) is 3.85. The second-order valence-corrected chi connectivity index (χ2v) is 6.31. The highest BCUT2D eigenvalue weighted by atomic mass is 79.9. The zero-order valence-electron chi connectivity index (χ0n) is 13.7. The van der Waals surface area contributed by atoms with Gasteiger partial charge in [-0.2, -0.15) is 0 Å². The Labute approximate surface area is 145 Å². The number of aryl methyl sites for hydroxylation is 2. The second-order valence-electron chi connectivity index (χ2n) is 5.39. The molecule has 0 radical (unpaired) electrons. The molecular weight excluding hydrogens is 356 g/mol. The molecular formula is C18H21BrN2O2. The summed E-state index contributed by atoms with van der Waals surface area (Å²) in [5, 5.41) is 0. The maximum absolute atomic E-state index is 12.4. The standard InChI is InChI=1S/C18H21BrN2O2/c1-4-21(17-6-5-15(19)12-20-17)18(22)7-8-23-16-10-13(2)9-14(3)11-16/h5-6,9-12H,4,7-8H2,1-3H3. The lowest BCUT2D eigenvalue weighted by Crippen LogP contribution is -2.32. The van der Waals surface area contributed by atoms with Crippen molar-refractivity contribution in [2.75, 3.05) is 18.1 Å². The molecule has 5 heteroatoms. The van der Waals surface area contributed by atoms with Gasteiger partial charge in [0.05, 0.1) is 13.0 Å². The molecule has 1 aromatic heterocycles. The molecule has 0 spiro atoms. The Bertz CT molecular complexity index is 651. The van der Waals surface area contributed by atoms with Gasteiger partial charge in [-0.3, -0.25) is 9.69 Å². The first-order valence-electron chi connectivity index (χ1n) is 7.62. The molecule has 0 saturated heterocycles. The van der Waals surface area contributed by atoms with Crippen LogP contribution in [0.4, 0.5) is 5.82 Å². The van der Waals surface area contributed by atoms with Crippen LogP contribution in [0.5, 0.6) is 5.75 Å². The van der Waals surface area contributed by atoms with E-state index in [4.69, 9.17) is 4.74 Å². The Morgan fingerprint density at radius 2 is 1.91 bits per heavy atom. The Balaban J connectivity index is 1.93. The molecule has 2 rings (SSSR count). The fraction of sp³-hybridized carbons (Fsp3) is 0.333. The van der Waals surface area contributed by atoms with Gasteiger partial charge in [-0.05, 0) is 72.1 Å². The number of halogens is 1. The van der Waals surface area contributed by atoms with E-state index in [9.17, 15) is 4.79 Å². The lowest BCUT2D eigenvalue weighted by molar-refractivity contribution is -0.119. The van der Waals surface area contributed by atoms with Crippen molar-refractivity contribution in [2.24, 2.45) is 0 Å². The fourth-order valence-electron chi connectivity index (χ4n) is 2.40. The summed E-state index contributed by atoms with van der Waals surface area (Å²) in [6.45, 7) is 6.93. The average molecular weight is 377 g/mol. The smallest absolute Gasteiger partial charge is 0.231 e. The van der Waals surface area contributed by atoms with E-state index in [1.165, 1.54) is 0 Å². The highest BCUT2D eigenvalue weighted by Crippen LogP contribution is 2.18. The number of anilines is 1. The zero-order chi connectivity index (χ0) is 16.8. The predicted octanol–water partition coefficient (Wildman–Crippen LogP) is 4.28. The minimum Gasteiger partial charge on any atom is -0.493 e. The van der Waals surface area contributed by atoms with Crippen LogP contribution in [0.3, 0.4) is 0 Å². The lowest BCUT2D eigenvalue weighted by Gasteiger charge is -2.20. The minimum atomic E-state index is 0.00620. The number of amides is 1. The van der Waals surface area contributed by atoms with Gasteiger partial charge in [0.2, 0.25) is 5.91 Å². The molecule has 0 atom stereocenters. The molecule has 23 heavy (non-hydrogen) atoms. The Hall–Kier alpha value is -1.88. The second kappa shape index (κ2) is 8.11. The summed E-state index contributed by atoms with van der Waals surface area (Å²) in [5.74, 6) is 1.47. The van der Waals surface area contributed by atoms with E-state index < -0.39 is 0 Å². The van der Waals surface area contributed by atoms with Crippen LogP contribution in [0, 0.1) is 13.8 Å². The molecule has 0 unspecified atom stereocenters. The number of carbonyl (C=O) groups excluding carboxylic acids is 1. The molecule has 0 aliphatic carbocycles. The van der Waals surface area contributed by atoms with Gasteiger partial charge in [0, 0.05) is 17.2 Å². The SMILES string of the molecule is CCN(C(=O)CCOc1cc(C)cc(C)c1)c1ccc(Br)cn1. The number of aromatic nitrogens is 1. The topological polar surface area (TPSA) is 42.4 Å². The molecule has 0 saturated carbocycles. The number of pyridine rings is 1. The molecule has 1 heterocycles. The van der Waals surface area contributed by atoms with Crippen LogP contribution in [-0.2, 0) is 4.79 Å². The molecule has 4 nitrogen and oxygen atoms in total. The molecule has 122 valence electrons. The van der Waals surface area contributed by atoms with Crippen LogP contribution in [0.15, 0.2) is 41.0 Å². The van der Waals surface area contributed by atoms with Crippen LogP contribution in [-0.4, -0.2) is 24.0 Å². The maximum Gasteiger partial charge on any atom is 0.231 e. The van der Waals surface area contributed by atoms with Crippen molar-refractivity contribution in [3.8, 4) is 5.75 Å². The first kappa shape index (κ1) is 17.5. The van der Waals surface area contributed by atoms with E-state index >= 15 is 0 Å². The molecule has 0 aliphatic heterocycles. The molecule has 0 fully saturated rings. The third-order valence-electron chi connectivity index (χ3n) is 3.39. The van der Waals surface area contributed by atoms with E-state index in [1.54, 1.807) is 11.1 Å². The Morgan fingerprint density at radius 3 is 2.48 bits per heavy atom. The predicted molar refractivity (Wildman–Crippen MR) is 96.0 cm³/mol. The average Bonchev–Trinajstić information content (AvgIpc) is 2.49. The lowest BCUT2D eigenvalue weighted by atomic mass is 10.1. The van der Waals surface area contributed by atoms with Crippen molar-refractivity contribution < 1.29 is 9.53 Å². The number of rotatable bonds is 6. The summed E-state index contributed by atoms with van der Waals surface area (Å²) in [5.41, 5.74) is 2.31.